The molecule has 1 saturated heterocycles. The maximum Gasteiger partial charge on any atom is 0.307 e. The molecule has 1 amide bonds. The molecule has 1 N–H and O–H groups in total. The number of carbonyl (C=O) groups excluding carboxylic acids is 1. The second kappa shape index (κ2) is 5.80. The van der Waals surface area contributed by atoms with Crippen molar-refractivity contribution < 1.29 is 14.7 Å². The van der Waals surface area contributed by atoms with Crippen LogP contribution in [0.1, 0.15) is 29.6 Å². The van der Waals surface area contributed by atoms with Crippen LogP contribution in [0.5, 0.6) is 0 Å². The topological polar surface area (TPSA) is 101 Å². The van der Waals surface area contributed by atoms with E-state index in [1.54, 1.807) is 23.1 Å². The Morgan fingerprint density at radius 1 is 1.28 bits per heavy atom. The van der Waals surface area contributed by atoms with Crippen LogP contribution in [0, 0.1) is 11.3 Å². The molecule has 1 aromatic heterocycles. The Bertz CT molecular complexity index is 830. The zero-order valence-corrected chi connectivity index (χ0v) is 14.1. The average Bonchev–Trinajstić information content (AvgIpc) is 3.05. The lowest BCUT2D eigenvalue weighted by Gasteiger charge is -2.33. The summed E-state index contributed by atoms with van der Waals surface area (Å²) in [6.45, 7) is 1.09. The van der Waals surface area contributed by atoms with E-state index in [0.29, 0.717) is 29.4 Å². The van der Waals surface area contributed by atoms with Crippen molar-refractivity contribution in [2.24, 2.45) is 11.3 Å². The quantitative estimate of drug-likeness (QED) is 0.891. The smallest absolute Gasteiger partial charge is 0.307 e. The molecule has 8 nitrogen and oxygen atoms in total. The molecule has 4 rings (SSSR count). The SMILES string of the molecule is O=C(O)C1CC12CCN(C(=O)c1cc(Cl)ccc1-n1cnnn1)CC2. The van der Waals surface area contributed by atoms with Gasteiger partial charge >= 0.3 is 5.97 Å². The molecule has 0 radical (unpaired) electrons. The second-order valence-electron chi connectivity index (χ2n) is 6.67. The van der Waals surface area contributed by atoms with Crippen LogP contribution < -0.4 is 0 Å². The molecule has 1 unspecified atom stereocenters. The molecule has 1 aliphatic heterocycles. The first-order valence-electron chi connectivity index (χ1n) is 8.05. The average molecular weight is 362 g/mol. The highest BCUT2D eigenvalue weighted by molar-refractivity contribution is 6.31. The van der Waals surface area contributed by atoms with Gasteiger partial charge in [0, 0.05) is 18.1 Å². The molecule has 0 bridgehead atoms. The summed E-state index contributed by atoms with van der Waals surface area (Å²) in [5.74, 6) is -1.13. The normalized spacial score (nSPS) is 21.3. The number of rotatable bonds is 3. The van der Waals surface area contributed by atoms with Gasteiger partial charge in [-0.25, -0.2) is 0 Å². The molecular weight excluding hydrogens is 346 g/mol. The monoisotopic (exact) mass is 361 g/mol. The zero-order valence-electron chi connectivity index (χ0n) is 13.3. The highest BCUT2D eigenvalue weighted by atomic mass is 35.5. The van der Waals surface area contributed by atoms with E-state index < -0.39 is 5.97 Å². The Morgan fingerprint density at radius 3 is 2.64 bits per heavy atom. The minimum absolute atomic E-state index is 0.115. The lowest BCUT2D eigenvalue weighted by molar-refractivity contribution is -0.139. The van der Waals surface area contributed by atoms with Gasteiger partial charge in [0.1, 0.15) is 6.33 Å². The molecular formula is C16H16ClN5O3. The molecule has 9 heteroatoms. The van der Waals surface area contributed by atoms with Gasteiger partial charge in [-0.2, -0.15) is 4.68 Å². The maximum atomic E-state index is 13.0. The molecule has 130 valence electrons. The van der Waals surface area contributed by atoms with Crippen molar-refractivity contribution in [3.05, 3.63) is 35.1 Å². The van der Waals surface area contributed by atoms with E-state index in [-0.39, 0.29) is 17.2 Å². The van der Waals surface area contributed by atoms with Crippen LogP contribution in [0.2, 0.25) is 5.02 Å². The van der Waals surface area contributed by atoms with E-state index in [1.807, 2.05) is 0 Å². The largest absolute Gasteiger partial charge is 0.481 e. The molecule has 2 aliphatic rings. The number of aliphatic carboxylic acids is 1. The number of piperidine rings is 1. The van der Waals surface area contributed by atoms with Gasteiger partial charge in [-0.05, 0) is 53.3 Å². The third kappa shape index (κ3) is 2.76. The second-order valence-corrected chi connectivity index (χ2v) is 7.10. The van der Waals surface area contributed by atoms with E-state index >= 15 is 0 Å². The summed E-state index contributed by atoms with van der Waals surface area (Å²) >= 11 is 6.07. The summed E-state index contributed by atoms with van der Waals surface area (Å²) in [5, 5.41) is 20.7. The summed E-state index contributed by atoms with van der Waals surface area (Å²) < 4.78 is 1.43. The van der Waals surface area contributed by atoms with E-state index in [9.17, 15) is 14.7 Å². The lowest BCUT2D eigenvalue weighted by atomic mass is 9.90. The summed E-state index contributed by atoms with van der Waals surface area (Å²) in [4.78, 5) is 25.9. The summed E-state index contributed by atoms with van der Waals surface area (Å²) in [6.07, 6.45) is 3.58. The number of hydrogen-bond acceptors (Lipinski definition) is 5. The molecule has 2 heterocycles. The van der Waals surface area contributed by atoms with Crippen LogP contribution in [-0.4, -0.2) is 55.2 Å². The molecule has 2 fully saturated rings. The van der Waals surface area contributed by atoms with Crippen molar-refractivity contribution >= 4 is 23.5 Å². The number of likely N-dealkylation sites (tertiary alicyclic amines) is 1. The minimum Gasteiger partial charge on any atom is -0.481 e. The van der Waals surface area contributed by atoms with Gasteiger partial charge < -0.3 is 10.0 Å². The number of halogens is 1. The number of carbonyl (C=O) groups is 2. The Morgan fingerprint density at radius 2 is 2.04 bits per heavy atom. The first kappa shape index (κ1) is 16.0. The predicted octanol–water partition coefficient (Wildman–Crippen LogP) is 1.64. The van der Waals surface area contributed by atoms with Crippen molar-refractivity contribution in [3.8, 4) is 5.69 Å². The van der Waals surface area contributed by atoms with Crippen molar-refractivity contribution in [2.45, 2.75) is 19.3 Å². The Labute approximate surface area is 148 Å². The van der Waals surface area contributed by atoms with Crippen molar-refractivity contribution in [3.63, 3.8) is 0 Å². The fraction of sp³-hybridized carbons (Fsp3) is 0.438. The Hall–Kier alpha value is -2.48. The molecule has 1 saturated carbocycles. The minimum atomic E-state index is -0.726. The van der Waals surface area contributed by atoms with Gasteiger partial charge in [-0.15, -0.1) is 5.10 Å². The molecule has 1 aromatic carbocycles. The van der Waals surface area contributed by atoms with Gasteiger partial charge in [0.25, 0.3) is 5.91 Å². The van der Waals surface area contributed by atoms with Crippen LogP contribution in [0.3, 0.4) is 0 Å². The number of tetrazole rings is 1. The molecule has 1 spiro atoms. The standard InChI is InChI=1S/C16H16ClN5O3/c17-10-1-2-13(22-9-18-19-20-22)11(7-10)14(23)21-5-3-16(4-6-21)8-12(16)15(24)25/h1-2,7,9,12H,3-6,8H2,(H,24,25). The van der Waals surface area contributed by atoms with Crippen LogP contribution in [0.15, 0.2) is 24.5 Å². The number of benzene rings is 1. The third-order valence-electron chi connectivity index (χ3n) is 5.32. The van der Waals surface area contributed by atoms with Crippen LogP contribution >= 0.6 is 11.6 Å². The van der Waals surface area contributed by atoms with Gasteiger partial charge in [0.2, 0.25) is 0 Å². The number of amides is 1. The summed E-state index contributed by atoms with van der Waals surface area (Å²) in [7, 11) is 0. The predicted molar refractivity (Wildman–Crippen MR) is 87.5 cm³/mol. The fourth-order valence-corrected chi connectivity index (χ4v) is 3.90. The fourth-order valence-electron chi connectivity index (χ4n) is 3.73. The van der Waals surface area contributed by atoms with Crippen molar-refractivity contribution in [1.29, 1.82) is 0 Å². The van der Waals surface area contributed by atoms with Crippen LogP contribution in [-0.2, 0) is 4.79 Å². The van der Waals surface area contributed by atoms with Crippen LogP contribution in [0.4, 0.5) is 0 Å². The molecule has 2 aromatic rings. The third-order valence-corrected chi connectivity index (χ3v) is 5.55. The number of aromatic nitrogens is 4. The van der Waals surface area contributed by atoms with Gasteiger partial charge in [0.15, 0.2) is 0 Å². The van der Waals surface area contributed by atoms with Crippen molar-refractivity contribution in [2.75, 3.05) is 13.1 Å². The number of carboxylic acids is 1. The first-order valence-corrected chi connectivity index (χ1v) is 8.43. The summed E-state index contributed by atoms with van der Waals surface area (Å²) in [6, 6.07) is 5.00. The molecule has 25 heavy (non-hydrogen) atoms. The van der Waals surface area contributed by atoms with E-state index in [1.165, 1.54) is 11.0 Å². The molecule has 1 atom stereocenters. The summed E-state index contributed by atoms with van der Waals surface area (Å²) in [5.41, 5.74) is 0.881. The van der Waals surface area contributed by atoms with Gasteiger partial charge in [0.05, 0.1) is 17.2 Å². The van der Waals surface area contributed by atoms with Crippen LogP contribution in [0.25, 0.3) is 5.69 Å². The number of carboxylic acid groups (broad SMARTS) is 1. The van der Waals surface area contributed by atoms with Crippen molar-refractivity contribution in [1.82, 2.24) is 25.1 Å². The number of hydrogen-bond donors (Lipinski definition) is 1. The highest BCUT2D eigenvalue weighted by Gasteiger charge is 2.59. The maximum absolute atomic E-state index is 13.0. The zero-order chi connectivity index (χ0) is 17.6. The Kier molecular flexibility index (Phi) is 3.72. The lowest BCUT2D eigenvalue weighted by Crippen LogP contribution is -2.40. The Balaban J connectivity index is 1.55. The first-order chi connectivity index (χ1) is 12.0. The van der Waals surface area contributed by atoms with Gasteiger partial charge in [-0.1, -0.05) is 11.6 Å². The van der Waals surface area contributed by atoms with E-state index in [0.717, 1.165) is 19.3 Å². The molecule has 1 aliphatic carbocycles. The van der Waals surface area contributed by atoms with Gasteiger partial charge in [-0.3, -0.25) is 9.59 Å². The van der Waals surface area contributed by atoms with E-state index in [4.69, 9.17) is 11.6 Å². The van der Waals surface area contributed by atoms with E-state index in [2.05, 4.69) is 15.5 Å². The number of nitrogens with zero attached hydrogens (tertiary/aromatic N) is 5. The highest BCUT2D eigenvalue weighted by Crippen LogP contribution is 2.59.